The summed E-state index contributed by atoms with van der Waals surface area (Å²) < 4.78 is 38.1. The van der Waals surface area contributed by atoms with Crippen LogP contribution in [0, 0.1) is 0 Å². The van der Waals surface area contributed by atoms with Crippen molar-refractivity contribution in [1.29, 1.82) is 0 Å². The van der Waals surface area contributed by atoms with Crippen LogP contribution in [0.2, 0.25) is 0 Å². The molecule has 0 saturated carbocycles. The van der Waals surface area contributed by atoms with Gasteiger partial charge < -0.3 is 14.0 Å². The van der Waals surface area contributed by atoms with Crippen molar-refractivity contribution in [2.45, 2.75) is 11.3 Å². The second kappa shape index (κ2) is 10.6. The molecule has 1 aliphatic rings. The molecule has 202 valence electrons. The van der Waals surface area contributed by atoms with Crippen LogP contribution in [-0.4, -0.2) is 34.8 Å². The zero-order valence-corrected chi connectivity index (χ0v) is 23.8. The molecule has 6 rings (SSSR count). The highest BCUT2D eigenvalue weighted by Gasteiger charge is 2.27. The number of aromatic nitrogens is 3. The number of anilines is 1. The molecule has 0 spiro atoms. The standard InChI is InChI=1S/C31H28N4O3S2/c1-33-21-25(22-11-4-3-5-12-22)32-31(33)28-19-23(24-13-6-7-14-26(24)34(28)2)20-30-35(17-10-18-40(36,37)38)27-15-8-9-16-29(27)39-30/h3-9,11-16,19-21H,10,17-18H2,1-2H3. The molecule has 0 radical (unpaired) electrons. The molecule has 2 aromatic heterocycles. The Morgan fingerprint density at radius 2 is 1.73 bits per heavy atom. The van der Waals surface area contributed by atoms with Crippen LogP contribution in [0.4, 0.5) is 5.69 Å². The van der Waals surface area contributed by atoms with Crippen LogP contribution in [0.25, 0.3) is 39.8 Å². The maximum atomic E-state index is 11.3. The molecule has 3 aromatic carbocycles. The highest BCUT2D eigenvalue weighted by molar-refractivity contribution is 8.03. The van der Waals surface area contributed by atoms with E-state index in [-0.39, 0.29) is 12.2 Å². The van der Waals surface area contributed by atoms with Crippen LogP contribution < -0.4 is 9.47 Å². The summed E-state index contributed by atoms with van der Waals surface area (Å²) in [6.07, 6.45) is 4.46. The van der Waals surface area contributed by atoms with Gasteiger partial charge in [-0.05, 0) is 36.3 Å². The number of aryl methyl sites for hydroxylation is 2. The van der Waals surface area contributed by atoms with Crippen LogP contribution in [0.1, 0.15) is 12.0 Å². The maximum absolute atomic E-state index is 11.3. The summed E-state index contributed by atoms with van der Waals surface area (Å²) in [6.45, 7) is 0.433. The number of benzene rings is 3. The second-order valence-corrected chi connectivity index (χ2v) is 12.4. The van der Waals surface area contributed by atoms with Crippen molar-refractivity contribution in [3.8, 4) is 22.8 Å². The smallest absolute Gasteiger partial charge is 0.249 e. The quantitative estimate of drug-likeness (QED) is 0.188. The predicted molar refractivity (Wildman–Crippen MR) is 160 cm³/mol. The van der Waals surface area contributed by atoms with Crippen molar-refractivity contribution in [1.82, 2.24) is 9.55 Å². The van der Waals surface area contributed by atoms with E-state index in [0.717, 1.165) is 54.9 Å². The minimum absolute atomic E-state index is 0.253. The van der Waals surface area contributed by atoms with Crippen molar-refractivity contribution >= 4 is 44.5 Å². The lowest BCUT2D eigenvalue weighted by atomic mass is 10.1. The fraction of sp³-hybridized carbons (Fsp3) is 0.161. The minimum Gasteiger partial charge on any atom is -0.748 e. The fourth-order valence-corrected chi connectivity index (χ4v) is 6.79. The molecule has 0 unspecified atom stereocenters. The average Bonchev–Trinajstić information content (AvgIpc) is 3.50. The van der Waals surface area contributed by atoms with Crippen molar-refractivity contribution in [3.63, 3.8) is 0 Å². The van der Waals surface area contributed by atoms with Crippen molar-refractivity contribution in [2.75, 3.05) is 17.2 Å². The zero-order chi connectivity index (χ0) is 27.9. The predicted octanol–water partition coefficient (Wildman–Crippen LogP) is 5.58. The fourth-order valence-electron chi connectivity index (χ4n) is 5.17. The second-order valence-electron chi connectivity index (χ2n) is 9.81. The van der Waals surface area contributed by atoms with Crippen LogP contribution >= 0.6 is 11.8 Å². The molecule has 0 bridgehead atoms. The monoisotopic (exact) mass is 568 g/mol. The summed E-state index contributed by atoms with van der Waals surface area (Å²) in [5.41, 5.74) is 6.06. The van der Waals surface area contributed by atoms with E-state index in [1.807, 2.05) is 61.8 Å². The topological polar surface area (TPSA) is 82.1 Å². The average molecular weight is 569 g/mol. The zero-order valence-electron chi connectivity index (χ0n) is 22.2. The summed E-state index contributed by atoms with van der Waals surface area (Å²) in [7, 11) is -0.208. The van der Waals surface area contributed by atoms with Gasteiger partial charge in [-0.3, -0.25) is 0 Å². The molecule has 1 aliphatic heterocycles. The van der Waals surface area contributed by atoms with E-state index < -0.39 is 10.1 Å². The first kappa shape index (κ1) is 26.3. The summed E-state index contributed by atoms with van der Waals surface area (Å²) in [6, 6.07) is 28.7. The van der Waals surface area contributed by atoms with Crippen LogP contribution in [0.3, 0.4) is 0 Å². The molecule has 0 fully saturated rings. The molecule has 0 atom stereocenters. The lowest BCUT2D eigenvalue weighted by Gasteiger charge is -2.21. The number of fused-ring (bicyclic) bond motifs is 2. The normalized spacial score (nSPS) is 14.3. The Balaban J connectivity index is 1.47. The highest BCUT2D eigenvalue weighted by atomic mass is 32.2. The van der Waals surface area contributed by atoms with E-state index in [1.54, 1.807) is 11.8 Å². The number of pyridine rings is 1. The summed E-state index contributed by atoms with van der Waals surface area (Å²) in [4.78, 5) is 8.23. The van der Waals surface area contributed by atoms with Crippen molar-refractivity contribution < 1.29 is 17.5 Å². The van der Waals surface area contributed by atoms with Gasteiger partial charge in [0.25, 0.3) is 0 Å². The summed E-state index contributed by atoms with van der Waals surface area (Å²) in [5.74, 6) is 0.465. The van der Waals surface area contributed by atoms with Gasteiger partial charge in [0.1, 0.15) is 7.05 Å². The summed E-state index contributed by atoms with van der Waals surface area (Å²) >= 11 is 1.65. The third-order valence-electron chi connectivity index (χ3n) is 7.10. The van der Waals surface area contributed by atoms with E-state index in [4.69, 9.17) is 4.98 Å². The van der Waals surface area contributed by atoms with Gasteiger partial charge in [0.05, 0.1) is 31.9 Å². The Morgan fingerprint density at radius 3 is 2.52 bits per heavy atom. The van der Waals surface area contributed by atoms with Gasteiger partial charge in [-0.25, -0.2) is 13.4 Å². The number of rotatable bonds is 7. The van der Waals surface area contributed by atoms with Gasteiger partial charge in [-0.15, -0.1) is 0 Å². The molecular weight excluding hydrogens is 541 g/mol. The number of hydrogen-bond donors (Lipinski definition) is 0. The number of para-hydroxylation sites is 2. The Hall–Kier alpha value is -3.92. The van der Waals surface area contributed by atoms with Gasteiger partial charge in [0.15, 0.2) is 0 Å². The molecule has 5 aromatic rings. The maximum Gasteiger partial charge on any atom is 0.249 e. The number of thioether (sulfide) groups is 1. The number of nitrogens with zero attached hydrogens (tertiary/aromatic N) is 4. The first-order valence-corrected chi connectivity index (χ1v) is 15.4. The Kier molecular flexibility index (Phi) is 6.95. The first-order chi connectivity index (χ1) is 19.3. The van der Waals surface area contributed by atoms with Crippen LogP contribution in [0.15, 0.2) is 101 Å². The number of imidazole rings is 1. The van der Waals surface area contributed by atoms with Gasteiger partial charge in [-0.2, -0.15) is 4.57 Å². The third-order valence-corrected chi connectivity index (χ3v) is 9.00. The van der Waals surface area contributed by atoms with E-state index in [1.165, 1.54) is 0 Å². The van der Waals surface area contributed by atoms with E-state index in [0.29, 0.717) is 6.54 Å². The Labute approximate surface area is 238 Å². The molecular formula is C31H28N4O3S2. The van der Waals surface area contributed by atoms with Crippen molar-refractivity contribution in [2.24, 2.45) is 14.1 Å². The molecule has 0 saturated heterocycles. The highest BCUT2D eigenvalue weighted by Crippen LogP contribution is 2.47. The molecule has 7 nitrogen and oxygen atoms in total. The molecule has 3 heterocycles. The molecule has 0 N–H and O–H groups in total. The van der Waals surface area contributed by atoms with Gasteiger partial charge in [0.2, 0.25) is 17.0 Å². The van der Waals surface area contributed by atoms with Gasteiger partial charge in [0, 0.05) is 48.1 Å². The Morgan fingerprint density at radius 1 is 1.00 bits per heavy atom. The SMILES string of the molecule is Cn1cc(-c2ccccc2)nc1-c1cc(C=C2Sc3ccccc3N2CCCS(=O)(=O)[O-])c2ccccc2[n+]1C. The molecule has 40 heavy (non-hydrogen) atoms. The first-order valence-electron chi connectivity index (χ1n) is 13.0. The molecule has 9 heteroatoms. The molecule has 0 aliphatic carbocycles. The number of hydrogen-bond acceptors (Lipinski definition) is 6. The van der Waals surface area contributed by atoms with E-state index >= 15 is 0 Å². The summed E-state index contributed by atoms with van der Waals surface area (Å²) in [5, 5.41) is 2.08. The van der Waals surface area contributed by atoms with Crippen LogP contribution in [-0.2, 0) is 24.2 Å². The van der Waals surface area contributed by atoms with E-state index in [9.17, 15) is 13.0 Å². The van der Waals surface area contributed by atoms with Crippen LogP contribution in [0.5, 0.6) is 0 Å². The minimum atomic E-state index is -4.28. The lowest BCUT2D eigenvalue weighted by molar-refractivity contribution is -0.633. The lowest BCUT2D eigenvalue weighted by Crippen LogP contribution is -2.33. The van der Waals surface area contributed by atoms with Gasteiger partial charge >= 0.3 is 0 Å². The largest absolute Gasteiger partial charge is 0.748 e. The van der Waals surface area contributed by atoms with Crippen molar-refractivity contribution in [3.05, 3.63) is 102 Å². The van der Waals surface area contributed by atoms with E-state index in [2.05, 4.69) is 63.6 Å². The molecule has 0 amide bonds. The van der Waals surface area contributed by atoms with Gasteiger partial charge in [-0.1, -0.05) is 66.4 Å². The Bertz CT molecular complexity index is 1860. The third kappa shape index (κ3) is 5.15.